The molecule has 1 aliphatic rings. The van der Waals surface area contributed by atoms with Crippen molar-refractivity contribution < 1.29 is 18.3 Å². The van der Waals surface area contributed by atoms with Gasteiger partial charge in [-0.3, -0.25) is 4.57 Å². The molecule has 1 aromatic heterocycles. The van der Waals surface area contributed by atoms with E-state index in [-0.39, 0.29) is 18.4 Å². The first-order valence-electron chi connectivity index (χ1n) is 10.0. The Labute approximate surface area is 188 Å². The van der Waals surface area contributed by atoms with Gasteiger partial charge >= 0.3 is 0 Å². The van der Waals surface area contributed by atoms with Gasteiger partial charge in [-0.15, -0.1) is 10.2 Å². The van der Waals surface area contributed by atoms with Gasteiger partial charge in [0.05, 0.1) is 13.2 Å². The molecular formula is C24H19F2N3O2S. The van der Waals surface area contributed by atoms with Crippen LogP contribution in [0.5, 0.6) is 5.75 Å². The van der Waals surface area contributed by atoms with E-state index < -0.39 is 0 Å². The number of hydrogen-bond acceptors (Lipinski definition) is 5. The summed E-state index contributed by atoms with van der Waals surface area (Å²) in [6.45, 7) is 1.02. The Morgan fingerprint density at radius 1 is 0.938 bits per heavy atom. The molecule has 0 saturated carbocycles. The Bertz CT molecular complexity index is 1230. The number of halogens is 2. The average molecular weight is 451 g/mol. The van der Waals surface area contributed by atoms with Crippen LogP contribution in [0.3, 0.4) is 0 Å². The van der Waals surface area contributed by atoms with Crippen molar-refractivity contribution in [1.82, 2.24) is 14.8 Å². The van der Waals surface area contributed by atoms with E-state index in [0.717, 1.165) is 16.7 Å². The first kappa shape index (κ1) is 20.7. The van der Waals surface area contributed by atoms with Crippen molar-refractivity contribution in [3.8, 4) is 17.1 Å². The maximum atomic E-state index is 14.1. The van der Waals surface area contributed by atoms with Crippen LogP contribution >= 0.6 is 11.8 Å². The minimum absolute atomic E-state index is 0.148. The van der Waals surface area contributed by atoms with Gasteiger partial charge in [-0.2, -0.15) is 0 Å². The van der Waals surface area contributed by atoms with Crippen molar-refractivity contribution >= 4 is 11.8 Å². The van der Waals surface area contributed by atoms with Crippen LogP contribution < -0.4 is 4.74 Å². The Morgan fingerprint density at radius 3 is 2.56 bits per heavy atom. The van der Waals surface area contributed by atoms with Gasteiger partial charge in [0.15, 0.2) is 17.8 Å². The van der Waals surface area contributed by atoms with Gasteiger partial charge in [-0.05, 0) is 42.0 Å². The van der Waals surface area contributed by atoms with Crippen LogP contribution in [0, 0.1) is 11.6 Å². The van der Waals surface area contributed by atoms with E-state index in [0.29, 0.717) is 41.2 Å². The van der Waals surface area contributed by atoms with Gasteiger partial charge < -0.3 is 9.47 Å². The van der Waals surface area contributed by atoms with Crippen molar-refractivity contribution in [2.75, 3.05) is 6.79 Å². The van der Waals surface area contributed by atoms with Gasteiger partial charge in [0, 0.05) is 22.4 Å². The Kier molecular flexibility index (Phi) is 5.87. The fourth-order valence-electron chi connectivity index (χ4n) is 3.62. The fraction of sp³-hybridized carbons (Fsp3) is 0.167. The largest absolute Gasteiger partial charge is 0.467 e. The molecule has 5 nitrogen and oxygen atoms in total. The highest BCUT2D eigenvalue weighted by Gasteiger charge is 2.20. The van der Waals surface area contributed by atoms with Crippen molar-refractivity contribution in [2.24, 2.45) is 0 Å². The number of thioether (sulfide) groups is 1. The SMILES string of the molecule is Fc1ccc(-c2nnc(SCc3cc(F)cc4c3OCOC4)n2Cc2ccccc2)cc1. The summed E-state index contributed by atoms with van der Waals surface area (Å²) in [6.07, 6.45) is 0. The summed E-state index contributed by atoms with van der Waals surface area (Å²) in [5.41, 5.74) is 3.29. The molecule has 0 spiro atoms. The fourth-order valence-corrected chi connectivity index (χ4v) is 4.53. The lowest BCUT2D eigenvalue weighted by molar-refractivity contribution is -0.0171. The molecule has 2 heterocycles. The molecular weight excluding hydrogens is 432 g/mol. The molecule has 32 heavy (non-hydrogen) atoms. The highest BCUT2D eigenvalue weighted by molar-refractivity contribution is 7.98. The maximum Gasteiger partial charge on any atom is 0.192 e. The van der Waals surface area contributed by atoms with E-state index in [1.807, 2.05) is 34.9 Å². The Balaban J connectivity index is 1.47. The number of aromatic nitrogens is 3. The number of nitrogens with zero attached hydrogens (tertiary/aromatic N) is 3. The smallest absolute Gasteiger partial charge is 0.192 e. The quantitative estimate of drug-likeness (QED) is 0.366. The highest BCUT2D eigenvalue weighted by Crippen LogP contribution is 2.34. The van der Waals surface area contributed by atoms with E-state index in [1.54, 1.807) is 12.1 Å². The molecule has 0 bridgehead atoms. The van der Waals surface area contributed by atoms with E-state index in [4.69, 9.17) is 9.47 Å². The van der Waals surface area contributed by atoms with Crippen LogP contribution in [0.1, 0.15) is 16.7 Å². The molecule has 0 amide bonds. The maximum absolute atomic E-state index is 14.1. The summed E-state index contributed by atoms with van der Waals surface area (Å²) in [4.78, 5) is 0. The lowest BCUT2D eigenvalue weighted by Gasteiger charge is -2.20. The van der Waals surface area contributed by atoms with E-state index in [2.05, 4.69) is 10.2 Å². The number of fused-ring (bicyclic) bond motifs is 1. The summed E-state index contributed by atoms with van der Waals surface area (Å²) >= 11 is 1.45. The molecule has 0 N–H and O–H groups in total. The molecule has 1 aliphatic heterocycles. The highest BCUT2D eigenvalue weighted by atomic mass is 32.2. The lowest BCUT2D eigenvalue weighted by Crippen LogP contribution is -2.13. The summed E-state index contributed by atoms with van der Waals surface area (Å²) < 4.78 is 40.4. The van der Waals surface area contributed by atoms with E-state index in [1.165, 1.54) is 36.0 Å². The van der Waals surface area contributed by atoms with Gasteiger partial charge in [0.2, 0.25) is 0 Å². The minimum atomic E-state index is -0.328. The van der Waals surface area contributed by atoms with Gasteiger partial charge in [-0.1, -0.05) is 42.1 Å². The number of rotatable bonds is 6. The molecule has 3 aromatic carbocycles. The zero-order valence-electron chi connectivity index (χ0n) is 17.0. The lowest BCUT2D eigenvalue weighted by atomic mass is 10.1. The molecule has 0 radical (unpaired) electrons. The van der Waals surface area contributed by atoms with Crippen molar-refractivity contribution in [3.63, 3.8) is 0 Å². The van der Waals surface area contributed by atoms with Crippen LogP contribution in [-0.4, -0.2) is 21.6 Å². The van der Waals surface area contributed by atoms with E-state index in [9.17, 15) is 8.78 Å². The zero-order chi connectivity index (χ0) is 21.9. The van der Waals surface area contributed by atoms with Gasteiger partial charge in [-0.25, -0.2) is 8.78 Å². The molecule has 0 saturated heterocycles. The van der Waals surface area contributed by atoms with Crippen molar-refractivity contribution in [2.45, 2.75) is 24.1 Å². The normalized spacial score (nSPS) is 12.9. The molecule has 0 unspecified atom stereocenters. The Hall–Kier alpha value is -3.23. The van der Waals surface area contributed by atoms with Gasteiger partial charge in [0.25, 0.3) is 0 Å². The van der Waals surface area contributed by atoms with Crippen molar-refractivity contribution in [1.29, 1.82) is 0 Å². The first-order valence-corrected chi connectivity index (χ1v) is 11.0. The molecule has 0 aliphatic carbocycles. The molecule has 4 aromatic rings. The monoisotopic (exact) mass is 451 g/mol. The molecule has 5 rings (SSSR count). The number of hydrogen-bond donors (Lipinski definition) is 0. The standard InChI is InChI=1S/C24H19F2N3O2S/c25-20-8-6-17(7-9-20)23-27-28-24(29(23)12-16-4-2-1-3-5-16)32-14-19-11-21(26)10-18-13-30-15-31-22(18)19/h1-11H,12-15H2. The average Bonchev–Trinajstić information content (AvgIpc) is 3.21. The second-order valence-corrected chi connectivity index (χ2v) is 8.28. The molecule has 162 valence electrons. The number of benzene rings is 3. The second kappa shape index (κ2) is 9.10. The summed E-state index contributed by atoms with van der Waals surface area (Å²) in [5.74, 6) is 1.13. The zero-order valence-corrected chi connectivity index (χ0v) is 17.8. The van der Waals surface area contributed by atoms with Crippen LogP contribution in [0.15, 0.2) is 71.9 Å². The summed E-state index contributed by atoms with van der Waals surface area (Å²) in [6, 6.07) is 19.1. The first-order chi connectivity index (χ1) is 15.7. The van der Waals surface area contributed by atoms with Gasteiger partial charge in [0.1, 0.15) is 17.4 Å². The summed E-state index contributed by atoms with van der Waals surface area (Å²) in [5, 5.41) is 9.44. The number of ether oxygens (including phenoxy) is 2. The predicted molar refractivity (Wildman–Crippen MR) is 117 cm³/mol. The topological polar surface area (TPSA) is 49.2 Å². The van der Waals surface area contributed by atoms with E-state index >= 15 is 0 Å². The third-order valence-corrected chi connectivity index (χ3v) is 6.13. The predicted octanol–water partition coefficient (Wildman–Crippen LogP) is 5.43. The minimum Gasteiger partial charge on any atom is -0.467 e. The summed E-state index contributed by atoms with van der Waals surface area (Å²) in [7, 11) is 0. The third-order valence-electron chi connectivity index (χ3n) is 5.11. The van der Waals surface area contributed by atoms with Crippen LogP contribution in [0.2, 0.25) is 0 Å². The molecule has 8 heteroatoms. The molecule has 0 atom stereocenters. The second-order valence-electron chi connectivity index (χ2n) is 7.34. The van der Waals surface area contributed by atoms with Crippen LogP contribution in [0.25, 0.3) is 11.4 Å². The van der Waals surface area contributed by atoms with Crippen LogP contribution in [0.4, 0.5) is 8.78 Å². The van der Waals surface area contributed by atoms with Crippen molar-refractivity contribution in [3.05, 3.63) is 95.1 Å². The third kappa shape index (κ3) is 4.37. The Morgan fingerprint density at radius 2 is 1.75 bits per heavy atom. The molecule has 0 fully saturated rings. The van der Waals surface area contributed by atoms with Crippen LogP contribution in [-0.2, 0) is 23.6 Å².